The van der Waals surface area contributed by atoms with E-state index in [0.29, 0.717) is 12.1 Å². The molecule has 1 fully saturated rings. The highest BCUT2D eigenvalue weighted by molar-refractivity contribution is 5.79. The third-order valence-electron chi connectivity index (χ3n) is 4.36. The highest BCUT2D eigenvalue weighted by Crippen LogP contribution is 2.22. The van der Waals surface area contributed by atoms with E-state index in [4.69, 9.17) is 10.5 Å². The van der Waals surface area contributed by atoms with Crippen molar-refractivity contribution < 1.29 is 9.53 Å². The fourth-order valence-corrected chi connectivity index (χ4v) is 3.01. The number of nitrogen functional groups attached to an aromatic ring is 1. The maximum Gasteiger partial charge on any atom is 0.227 e. The Morgan fingerprint density at radius 1 is 1.08 bits per heavy atom. The number of carbonyl (C=O) groups is 1. The second-order valence-electron chi connectivity index (χ2n) is 5.99. The van der Waals surface area contributed by atoms with Crippen LogP contribution in [0.25, 0.3) is 0 Å². The number of rotatable bonds is 4. The minimum atomic E-state index is 0.158. The number of anilines is 2. The van der Waals surface area contributed by atoms with Gasteiger partial charge < -0.3 is 20.3 Å². The van der Waals surface area contributed by atoms with Crippen LogP contribution in [0.3, 0.4) is 0 Å². The third-order valence-corrected chi connectivity index (χ3v) is 4.36. The molecule has 2 aromatic carbocycles. The number of ether oxygens (including phenoxy) is 1. The number of benzene rings is 2. The molecule has 0 aliphatic carbocycles. The van der Waals surface area contributed by atoms with Crippen molar-refractivity contribution >= 4 is 17.3 Å². The molecule has 1 aliphatic rings. The lowest BCUT2D eigenvalue weighted by atomic mass is 10.1. The van der Waals surface area contributed by atoms with Gasteiger partial charge in [-0.15, -0.1) is 0 Å². The van der Waals surface area contributed by atoms with Gasteiger partial charge in [-0.2, -0.15) is 0 Å². The number of hydrogen-bond donors (Lipinski definition) is 1. The Morgan fingerprint density at radius 2 is 1.83 bits per heavy atom. The SMILES string of the molecule is COc1cccc(N2CCN(C(=O)Cc3cccc(N)c3)CC2)c1. The van der Waals surface area contributed by atoms with Crippen LogP contribution in [0.5, 0.6) is 5.75 Å². The molecule has 24 heavy (non-hydrogen) atoms. The van der Waals surface area contributed by atoms with Crippen LogP contribution < -0.4 is 15.4 Å². The van der Waals surface area contributed by atoms with Crippen molar-refractivity contribution in [2.45, 2.75) is 6.42 Å². The van der Waals surface area contributed by atoms with Gasteiger partial charge in [0.05, 0.1) is 13.5 Å². The van der Waals surface area contributed by atoms with E-state index in [-0.39, 0.29) is 5.91 Å². The minimum Gasteiger partial charge on any atom is -0.497 e. The summed E-state index contributed by atoms with van der Waals surface area (Å²) in [6, 6.07) is 15.6. The van der Waals surface area contributed by atoms with E-state index in [9.17, 15) is 4.79 Å². The highest BCUT2D eigenvalue weighted by atomic mass is 16.5. The zero-order chi connectivity index (χ0) is 16.9. The summed E-state index contributed by atoms with van der Waals surface area (Å²) in [4.78, 5) is 16.7. The van der Waals surface area contributed by atoms with Crippen molar-refractivity contribution in [3.8, 4) is 5.75 Å². The van der Waals surface area contributed by atoms with Crippen LogP contribution >= 0.6 is 0 Å². The summed E-state index contributed by atoms with van der Waals surface area (Å²) >= 11 is 0. The number of carbonyl (C=O) groups excluding carboxylic acids is 1. The Bertz CT molecular complexity index is 709. The predicted molar refractivity (Wildman–Crippen MR) is 96.3 cm³/mol. The van der Waals surface area contributed by atoms with E-state index < -0.39 is 0 Å². The fraction of sp³-hybridized carbons (Fsp3) is 0.316. The molecule has 2 N–H and O–H groups in total. The largest absolute Gasteiger partial charge is 0.497 e. The first kappa shape index (κ1) is 16.2. The van der Waals surface area contributed by atoms with Crippen LogP contribution in [0.1, 0.15) is 5.56 Å². The Labute approximate surface area is 142 Å². The first-order valence-corrected chi connectivity index (χ1v) is 8.17. The van der Waals surface area contributed by atoms with Gasteiger partial charge in [0, 0.05) is 43.6 Å². The number of nitrogens with two attached hydrogens (primary N) is 1. The summed E-state index contributed by atoms with van der Waals surface area (Å²) in [5, 5.41) is 0. The Morgan fingerprint density at radius 3 is 2.54 bits per heavy atom. The molecule has 0 aromatic heterocycles. The average molecular weight is 325 g/mol. The molecular weight excluding hydrogens is 302 g/mol. The predicted octanol–water partition coefficient (Wildman–Crippen LogP) is 2.17. The molecule has 0 spiro atoms. The molecule has 126 valence electrons. The van der Waals surface area contributed by atoms with Crippen molar-refractivity contribution in [2.24, 2.45) is 0 Å². The topological polar surface area (TPSA) is 58.8 Å². The molecule has 1 saturated heterocycles. The summed E-state index contributed by atoms with van der Waals surface area (Å²) in [6.45, 7) is 3.13. The van der Waals surface area contributed by atoms with Crippen molar-refractivity contribution in [3.63, 3.8) is 0 Å². The molecule has 5 nitrogen and oxygen atoms in total. The monoisotopic (exact) mass is 325 g/mol. The van der Waals surface area contributed by atoms with E-state index in [1.807, 2.05) is 47.4 Å². The van der Waals surface area contributed by atoms with Gasteiger partial charge in [0.1, 0.15) is 5.75 Å². The second kappa shape index (κ2) is 7.25. The van der Waals surface area contributed by atoms with Crippen LogP contribution in [-0.2, 0) is 11.2 Å². The van der Waals surface area contributed by atoms with Crippen LogP contribution in [0.15, 0.2) is 48.5 Å². The van der Waals surface area contributed by atoms with Crippen LogP contribution in [0.4, 0.5) is 11.4 Å². The molecule has 0 bridgehead atoms. The lowest BCUT2D eigenvalue weighted by Crippen LogP contribution is -2.49. The molecule has 0 saturated carbocycles. The first-order valence-electron chi connectivity index (χ1n) is 8.17. The average Bonchev–Trinajstić information content (AvgIpc) is 2.62. The van der Waals surface area contributed by atoms with E-state index >= 15 is 0 Å². The third kappa shape index (κ3) is 3.79. The molecule has 0 radical (unpaired) electrons. The first-order chi connectivity index (χ1) is 11.7. The lowest BCUT2D eigenvalue weighted by Gasteiger charge is -2.36. The van der Waals surface area contributed by atoms with Gasteiger partial charge in [0.2, 0.25) is 5.91 Å². The van der Waals surface area contributed by atoms with Crippen molar-refractivity contribution in [2.75, 3.05) is 43.9 Å². The summed E-state index contributed by atoms with van der Waals surface area (Å²) < 4.78 is 5.28. The Balaban J connectivity index is 1.57. The van der Waals surface area contributed by atoms with Gasteiger partial charge in [-0.25, -0.2) is 0 Å². The summed E-state index contributed by atoms with van der Waals surface area (Å²) in [5.41, 5.74) is 8.58. The standard InChI is InChI=1S/C19H23N3O2/c1-24-18-7-3-6-17(14-18)21-8-10-22(11-9-21)19(23)13-15-4-2-5-16(20)12-15/h2-7,12,14H,8-11,13,20H2,1H3. The van der Waals surface area contributed by atoms with Crippen molar-refractivity contribution in [3.05, 3.63) is 54.1 Å². The molecule has 3 rings (SSSR count). The highest BCUT2D eigenvalue weighted by Gasteiger charge is 2.21. The van der Waals surface area contributed by atoms with Gasteiger partial charge in [-0.3, -0.25) is 4.79 Å². The molecule has 1 amide bonds. The number of amides is 1. The van der Waals surface area contributed by atoms with Crippen LogP contribution in [-0.4, -0.2) is 44.1 Å². The molecular formula is C19H23N3O2. The van der Waals surface area contributed by atoms with E-state index in [1.165, 1.54) is 0 Å². The number of nitrogens with zero attached hydrogens (tertiary/aromatic N) is 2. The Kier molecular flexibility index (Phi) is 4.89. The van der Waals surface area contributed by atoms with E-state index in [1.54, 1.807) is 7.11 Å². The summed E-state index contributed by atoms with van der Waals surface area (Å²) in [6.07, 6.45) is 0.407. The minimum absolute atomic E-state index is 0.158. The van der Waals surface area contributed by atoms with Gasteiger partial charge in [-0.1, -0.05) is 18.2 Å². The molecule has 5 heteroatoms. The van der Waals surface area contributed by atoms with Gasteiger partial charge in [-0.05, 0) is 29.8 Å². The number of methoxy groups -OCH3 is 1. The van der Waals surface area contributed by atoms with Crippen LogP contribution in [0.2, 0.25) is 0 Å². The Hall–Kier alpha value is -2.69. The molecule has 1 aliphatic heterocycles. The number of piperazine rings is 1. The molecule has 2 aromatic rings. The van der Waals surface area contributed by atoms with E-state index in [2.05, 4.69) is 11.0 Å². The quantitative estimate of drug-likeness (QED) is 0.875. The van der Waals surface area contributed by atoms with Crippen molar-refractivity contribution in [1.82, 2.24) is 4.90 Å². The summed E-state index contributed by atoms with van der Waals surface area (Å²) in [7, 11) is 1.67. The van der Waals surface area contributed by atoms with Gasteiger partial charge in [0.25, 0.3) is 0 Å². The fourth-order valence-electron chi connectivity index (χ4n) is 3.01. The molecule has 0 atom stereocenters. The lowest BCUT2D eigenvalue weighted by molar-refractivity contribution is -0.130. The summed E-state index contributed by atoms with van der Waals surface area (Å²) in [5.74, 6) is 1.01. The van der Waals surface area contributed by atoms with Crippen molar-refractivity contribution in [1.29, 1.82) is 0 Å². The smallest absolute Gasteiger partial charge is 0.227 e. The maximum absolute atomic E-state index is 12.5. The number of hydrogen-bond acceptors (Lipinski definition) is 4. The second-order valence-corrected chi connectivity index (χ2v) is 5.99. The maximum atomic E-state index is 12.5. The molecule has 1 heterocycles. The van der Waals surface area contributed by atoms with Gasteiger partial charge in [0.15, 0.2) is 0 Å². The molecule has 0 unspecified atom stereocenters. The van der Waals surface area contributed by atoms with Crippen LogP contribution in [0, 0.1) is 0 Å². The zero-order valence-corrected chi connectivity index (χ0v) is 13.9. The zero-order valence-electron chi connectivity index (χ0n) is 13.9. The van der Waals surface area contributed by atoms with Gasteiger partial charge >= 0.3 is 0 Å². The van der Waals surface area contributed by atoms with E-state index in [0.717, 1.165) is 43.2 Å². The normalized spacial score (nSPS) is 14.5.